The Kier molecular flexibility index (Phi) is 3.96. The summed E-state index contributed by atoms with van der Waals surface area (Å²) in [4.78, 5) is 2.43. The molecule has 0 aromatic carbocycles. The summed E-state index contributed by atoms with van der Waals surface area (Å²) in [6, 6.07) is 0.757. The molecular formula is C12H25NO. The van der Waals surface area contributed by atoms with Crippen molar-refractivity contribution < 1.29 is 5.11 Å². The third-order valence-corrected chi connectivity index (χ3v) is 3.74. The number of nitrogens with zero attached hydrogens (tertiary/aromatic N) is 1. The highest BCUT2D eigenvalue weighted by Gasteiger charge is 2.29. The molecule has 1 rings (SSSR count). The van der Waals surface area contributed by atoms with E-state index in [0.29, 0.717) is 0 Å². The molecule has 1 saturated carbocycles. The number of rotatable bonds is 4. The van der Waals surface area contributed by atoms with Crippen molar-refractivity contribution in [2.24, 2.45) is 5.41 Å². The molecular weight excluding hydrogens is 174 g/mol. The van der Waals surface area contributed by atoms with E-state index in [-0.39, 0.29) is 11.5 Å². The first-order valence-electron chi connectivity index (χ1n) is 5.82. The van der Waals surface area contributed by atoms with Crippen LogP contribution in [0.15, 0.2) is 0 Å². The molecule has 1 aliphatic carbocycles. The zero-order chi connectivity index (χ0) is 10.8. The second kappa shape index (κ2) is 4.63. The quantitative estimate of drug-likeness (QED) is 0.751. The lowest BCUT2D eigenvalue weighted by molar-refractivity contribution is 0.0311. The van der Waals surface area contributed by atoms with E-state index in [0.717, 1.165) is 12.6 Å². The average Bonchev–Trinajstić information content (AvgIpc) is 2.54. The Morgan fingerprint density at radius 2 is 1.86 bits per heavy atom. The van der Waals surface area contributed by atoms with Gasteiger partial charge in [-0.3, -0.25) is 0 Å². The maximum absolute atomic E-state index is 9.65. The van der Waals surface area contributed by atoms with E-state index in [2.05, 4.69) is 25.8 Å². The minimum atomic E-state index is -0.230. The molecule has 2 heteroatoms. The maximum Gasteiger partial charge on any atom is 0.0575 e. The van der Waals surface area contributed by atoms with Gasteiger partial charge in [0.2, 0.25) is 0 Å². The van der Waals surface area contributed by atoms with E-state index >= 15 is 0 Å². The topological polar surface area (TPSA) is 23.5 Å². The van der Waals surface area contributed by atoms with E-state index in [1.54, 1.807) is 0 Å². The van der Waals surface area contributed by atoms with E-state index in [9.17, 15) is 5.11 Å². The van der Waals surface area contributed by atoms with Gasteiger partial charge in [-0.15, -0.1) is 0 Å². The minimum absolute atomic E-state index is 0.0113. The van der Waals surface area contributed by atoms with Crippen molar-refractivity contribution in [1.82, 2.24) is 4.90 Å². The first-order chi connectivity index (χ1) is 6.43. The smallest absolute Gasteiger partial charge is 0.0575 e. The number of hydrogen-bond donors (Lipinski definition) is 1. The molecule has 0 bridgehead atoms. The molecule has 0 aromatic heterocycles. The monoisotopic (exact) mass is 199 g/mol. The standard InChI is InChI=1S/C12H25NO/c1-10(14)12(2,3)9-13(4)11-7-5-6-8-11/h10-11,14H,5-9H2,1-4H3. The largest absolute Gasteiger partial charge is 0.393 e. The van der Waals surface area contributed by atoms with E-state index in [1.165, 1.54) is 25.7 Å². The average molecular weight is 199 g/mol. The zero-order valence-electron chi connectivity index (χ0n) is 10.1. The van der Waals surface area contributed by atoms with Crippen molar-refractivity contribution in [2.45, 2.75) is 58.6 Å². The minimum Gasteiger partial charge on any atom is -0.393 e. The Hall–Kier alpha value is -0.0800. The SMILES string of the molecule is CC(O)C(C)(C)CN(C)C1CCCC1. The third kappa shape index (κ3) is 2.96. The van der Waals surface area contributed by atoms with E-state index < -0.39 is 0 Å². The highest BCUT2D eigenvalue weighted by Crippen LogP contribution is 2.27. The zero-order valence-corrected chi connectivity index (χ0v) is 10.1. The van der Waals surface area contributed by atoms with Gasteiger partial charge in [-0.2, -0.15) is 0 Å². The van der Waals surface area contributed by atoms with Crippen LogP contribution < -0.4 is 0 Å². The van der Waals surface area contributed by atoms with Crippen LogP contribution in [0.5, 0.6) is 0 Å². The normalized spacial score (nSPS) is 21.9. The van der Waals surface area contributed by atoms with Crippen LogP contribution in [0.1, 0.15) is 46.5 Å². The highest BCUT2D eigenvalue weighted by atomic mass is 16.3. The summed E-state index contributed by atoms with van der Waals surface area (Å²) in [5, 5.41) is 9.65. The fraction of sp³-hybridized carbons (Fsp3) is 1.00. The van der Waals surface area contributed by atoms with Crippen molar-refractivity contribution in [3.63, 3.8) is 0 Å². The molecule has 1 fully saturated rings. The number of aliphatic hydroxyl groups excluding tert-OH is 1. The van der Waals surface area contributed by atoms with Gasteiger partial charge < -0.3 is 10.0 Å². The van der Waals surface area contributed by atoms with Gasteiger partial charge in [0.1, 0.15) is 0 Å². The maximum atomic E-state index is 9.65. The summed E-state index contributed by atoms with van der Waals surface area (Å²) in [6.45, 7) is 7.17. The van der Waals surface area contributed by atoms with Crippen LogP contribution in [0.25, 0.3) is 0 Å². The van der Waals surface area contributed by atoms with Gasteiger partial charge in [-0.25, -0.2) is 0 Å². The van der Waals surface area contributed by atoms with Crippen molar-refractivity contribution in [2.75, 3.05) is 13.6 Å². The van der Waals surface area contributed by atoms with Gasteiger partial charge in [0, 0.05) is 18.0 Å². The van der Waals surface area contributed by atoms with Crippen LogP contribution >= 0.6 is 0 Å². The first-order valence-corrected chi connectivity index (χ1v) is 5.82. The lowest BCUT2D eigenvalue weighted by Crippen LogP contribution is -2.42. The van der Waals surface area contributed by atoms with Crippen LogP contribution in [-0.4, -0.2) is 35.7 Å². The van der Waals surface area contributed by atoms with E-state index in [4.69, 9.17) is 0 Å². The van der Waals surface area contributed by atoms with Crippen LogP contribution in [0, 0.1) is 5.41 Å². The molecule has 1 atom stereocenters. The Morgan fingerprint density at radius 1 is 1.36 bits per heavy atom. The molecule has 0 saturated heterocycles. The Morgan fingerprint density at radius 3 is 2.29 bits per heavy atom. The lowest BCUT2D eigenvalue weighted by atomic mass is 9.86. The molecule has 0 aromatic rings. The van der Waals surface area contributed by atoms with Crippen molar-refractivity contribution in [3.05, 3.63) is 0 Å². The number of hydrogen-bond acceptors (Lipinski definition) is 2. The molecule has 0 amide bonds. The first kappa shape index (κ1) is 12.0. The summed E-state index contributed by atoms with van der Waals surface area (Å²) < 4.78 is 0. The second-order valence-corrected chi connectivity index (χ2v) is 5.52. The molecule has 0 heterocycles. The Balaban J connectivity index is 2.42. The van der Waals surface area contributed by atoms with Crippen molar-refractivity contribution >= 4 is 0 Å². The van der Waals surface area contributed by atoms with Gasteiger partial charge in [0.05, 0.1) is 6.10 Å². The summed E-state index contributed by atoms with van der Waals surface area (Å²) in [7, 11) is 2.19. The predicted octanol–water partition coefficient (Wildman–Crippen LogP) is 2.27. The Bertz CT molecular complexity index is 171. The van der Waals surface area contributed by atoms with Gasteiger partial charge in [0.15, 0.2) is 0 Å². The summed E-state index contributed by atoms with van der Waals surface area (Å²) in [5.41, 5.74) is 0.0113. The van der Waals surface area contributed by atoms with Gasteiger partial charge >= 0.3 is 0 Å². The molecule has 0 aliphatic heterocycles. The third-order valence-electron chi connectivity index (χ3n) is 3.74. The van der Waals surface area contributed by atoms with Crippen LogP contribution in [0.2, 0.25) is 0 Å². The summed E-state index contributed by atoms with van der Waals surface area (Å²) >= 11 is 0. The Labute approximate surface area is 88.3 Å². The molecule has 1 aliphatic rings. The van der Waals surface area contributed by atoms with Crippen LogP contribution in [0.3, 0.4) is 0 Å². The molecule has 84 valence electrons. The molecule has 0 spiro atoms. The van der Waals surface area contributed by atoms with Crippen LogP contribution in [-0.2, 0) is 0 Å². The molecule has 0 radical (unpaired) electrons. The van der Waals surface area contributed by atoms with Crippen LogP contribution in [0.4, 0.5) is 0 Å². The lowest BCUT2D eigenvalue weighted by Gasteiger charge is -2.35. The van der Waals surface area contributed by atoms with E-state index in [1.807, 2.05) is 6.92 Å². The fourth-order valence-corrected chi connectivity index (χ4v) is 2.25. The van der Waals surface area contributed by atoms with Crippen molar-refractivity contribution in [1.29, 1.82) is 0 Å². The van der Waals surface area contributed by atoms with Gasteiger partial charge in [-0.1, -0.05) is 26.7 Å². The van der Waals surface area contributed by atoms with Gasteiger partial charge in [0.25, 0.3) is 0 Å². The second-order valence-electron chi connectivity index (χ2n) is 5.52. The molecule has 1 unspecified atom stereocenters. The fourth-order valence-electron chi connectivity index (χ4n) is 2.25. The number of aliphatic hydroxyl groups is 1. The highest BCUT2D eigenvalue weighted by molar-refractivity contribution is 4.82. The van der Waals surface area contributed by atoms with Crippen molar-refractivity contribution in [3.8, 4) is 0 Å². The summed E-state index contributed by atoms with van der Waals surface area (Å²) in [5.74, 6) is 0. The van der Waals surface area contributed by atoms with Gasteiger partial charge in [-0.05, 0) is 26.8 Å². The molecule has 1 N–H and O–H groups in total. The molecule has 2 nitrogen and oxygen atoms in total. The summed E-state index contributed by atoms with van der Waals surface area (Å²) in [6.07, 6.45) is 5.21. The molecule has 14 heavy (non-hydrogen) atoms. The predicted molar refractivity (Wildman–Crippen MR) is 60.3 cm³/mol.